The van der Waals surface area contributed by atoms with Gasteiger partial charge in [0.1, 0.15) is 0 Å². The molecule has 1 aromatic heterocycles. The third-order valence-corrected chi connectivity index (χ3v) is 4.12. The SMILES string of the molecule is Cc1c(C(=O)N[C@@H]2C=CS(=O)(=O)C2)cnn1C. The minimum atomic E-state index is -3.14. The van der Waals surface area contributed by atoms with Gasteiger partial charge in [0.15, 0.2) is 9.84 Å². The third-order valence-electron chi connectivity index (χ3n) is 2.73. The molecule has 0 radical (unpaired) electrons. The van der Waals surface area contributed by atoms with Gasteiger partial charge in [-0.1, -0.05) is 0 Å². The Morgan fingerprint density at radius 3 is 2.76 bits per heavy atom. The number of carbonyl (C=O) groups excluding carboxylic acids is 1. The summed E-state index contributed by atoms with van der Waals surface area (Å²) in [5.74, 6) is -0.375. The zero-order chi connectivity index (χ0) is 12.6. The van der Waals surface area contributed by atoms with Crippen LogP contribution in [0.4, 0.5) is 0 Å². The smallest absolute Gasteiger partial charge is 0.255 e. The first-order valence-electron chi connectivity index (χ1n) is 5.09. The van der Waals surface area contributed by atoms with Gasteiger partial charge in [-0.3, -0.25) is 9.48 Å². The number of nitrogens with one attached hydrogen (secondary N) is 1. The summed E-state index contributed by atoms with van der Waals surface area (Å²) in [5, 5.41) is 7.74. The van der Waals surface area contributed by atoms with Crippen LogP contribution in [-0.4, -0.2) is 35.9 Å². The molecular formula is C10H13N3O3S. The fourth-order valence-corrected chi connectivity index (χ4v) is 2.87. The van der Waals surface area contributed by atoms with E-state index >= 15 is 0 Å². The second kappa shape index (κ2) is 3.99. The number of hydrogen-bond donors (Lipinski definition) is 1. The standard InChI is InChI=1S/C10H13N3O3S/c1-7-9(5-11-13(7)2)10(14)12-8-3-4-17(15,16)6-8/h3-5,8H,6H2,1-2H3,(H,12,14)/t8-/m1/s1. The molecular weight excluding hydrogens is 242 g/mol. The first-order valence-corrected chi connectivity index (χ1v) is 6.81. The Morgan fingerprint density at radius 2 is 2.29 bits per heavy atom. The molecule has 2 rings (SSSR count). The molecule has 1 aromatic rings. The number of amides is 1. The lowest BCUT2D eigenvalue weighted by atomic mass is 10.2. The molecule has 7 heteroatoms. The molecule has 0 spiro atoms. The fourth-order valence-electron chi connectivity index (χ4n) is 1.63. The molecule has 92 valence electrons. The fraction of sp³-hybridized carbons (Fsp3) is 0.400. The Morgan fingerprint density at radius 1 is 1.59 bits per heavy atom. The molecule has 0 aliphatic carbocycles. The van der Waals surface area contributed by atoms with Crippen molar-refractivity contribution < 1.29 is 13.2 Å². The predicted molar refractivity (Wildman–Crippen MR) is 62.1 cm³/mol. The van der Waals surface area contributed by atoms with Crippen molar-refractivity contribution >= 4 is 15.7 Å². The molecule has 1 amide bonds. The van der Waals surface area contributed by atoms with E-state index in [0.29, 0.717) is 5.56 Å². The predicted octanol–water partition coefficient (Wildman–Crippen LogP) is -0.231. The number of rotatable bonds is 2. The maximum Gasteiger partial charge on any atom is 0.255 e. The summed E-state index contributed by atoms with van der Waals surface area (Å²) in [7, 11) is -1.40. The lowest BCUT2D eigenvalue weighted by Gasteiger charge is -2.09. The monoisotopic (exact) mass is 255 g/mol. The van der Waals surface area contributed by atoms with Crippen molar-refractivity contribution in [2.75, 3.05) is 5.75 Å². The van der Waals surface area contributed by atoms with Crippen molar-refractivity contribution in [2.45, 2.75) is 13.0 Å². The van der Waals surface area contributed by atoms with E-state index in [2.05, 4.69) is 10.4 Å². The minimum absolute atomic E-state index is 0.0714. The molecule has 1 aliphatic rings. The van der Waals surface area contributed by atoms with Gasteiger partial charge in [-0.15, -0.1) is 0 Å². The quantitative estimate of drug-likeness (QED) is 0.791. The molecule has 1 aliphatic heterocycles. The highest BCUT2D eigenvalue weighted by Crippen LogP contribution is 2.10. The number of aromatic nitrogens is 2. The molecule has 0 unspecified atom stereocenters. The van der Waals surface area contributed by atoms with Crippen LogP contribution in [0.1, 0.15) is 16.1 Å². The van der Waals surface area contributed by atoms with Gasteiger partial charge in [0.25, 0.3) is 5.91 Å². The van der Waals surface area contributed by atoms with Crippen molar-refractivity contribution in [2.24, 2.45) is 7.05 Å². The summed E-state index contributed by atoms with van der Waals surface area (Å²) in [5.41, 5.74) is 1.21. The average Bonchev–Trinajstić information content (AvgIpc) is 2.72. The second-order valence-electron chi connectivity index (χ2n) is 4.01. The average molecular weight is 255 g/mol. The van der Waals surface area contributed by atoms with E-state index in [9.17, 15) is 13.2 Å². The van der Waals surface area contributed by atoms with Crippen LogP contribution in [0.3, 0.4) is 0 Å². The van der Waals surface area contributed by atoms with Gasteiger partial charge in [0.05, 0.1) is 23.6 Å². The Kier molecular flexibility index (Phi) is 2.78. The summed E-state index contributed by atoms with van der Waals surface area (Å²) in [6.45, 7) is 1.78. The highest BCUT2D eigenvalue weighted by Gasteiger charge is 2.24. The molecule has 1 N–H and O–H groups in total. The molecule has 0 bridgehead atoms. The zero-order valence-electron chi connectivity index (χ0n) is 9.54. The number of aryl methyl sites for hydroxylation is 1. The summed E-state index contributed by atoms with van der Waals surface area (Å²) in [6.07, 6.45) is 2.96. The van der Waals surface area contributed by atoms with Crippen LogP contribution in [0, 0.1) is 6.92 Å². The maximum absolute atomic E-state index is 11.9. The molecule has 1 atom stereocenters. The number of nitrogens with zero attached hydrogens (tertiary/aromatic N) is 2. The lowest BCUT2D eigenvalue weighted by Crippen LogP contribution is -2.35. The van der Waals surface area contributed by atoms with E-state index in [1.807, 2.05) is 0 Å². The van der Waals surface area contributed by atoms with Crippen LogP contribution in [0.15, 0.2) is 17.7 Å². The van der Waals surface area contributed by atoms with Gasteiger partial charge in [-0.25, -0.2) is 8.42 Å². The van der Waals surface area contributed by atoms with Crippen molar-refractivity contribution in [3.8, 4) is 0 Å². The van der Waals surface area contributed by atoms with Crippen molar-refractivity contribution in [1.29, 1.82) is 0 Å². The highest BCUT2D eigenvalue weighted by atomic mass is 32.2. The molecule has 6 nitrogen and oxygen atoms in total. The third kappa shape index (κ3) is 2.38. The van der Waals surface area contributed by atoms with Crippen molar-refractivity contribution in [3.63, 3.8) is 0 Å². The molecule has 2 heterocycles. The van der Waals surface area contributed by atoms with Crippen molar-refractivity contribution in [3.05, 3.63) is 28.9 Å². The van der Waals surface area contributed by atoms with E-state index in [0.717, 1.165) is 11.1 Å². The first kappa shape index (κ1) is 11.8. The van der Waals surface area contributed by atoms with Gasteiger partial charge in [0, 0.05) is 18.1 Å². The summed E-state index contributed by atoms with van der Waals surface area (Å²) < 4.78 is 23.9. The van der Waals surface area contributed by atoms with Gasteiger partial charge in [-0.2, -0.15) is 5.10 Å². The van der Waals surface area contributed by atoms with E-state index in [1.165, 1.54) is 12.3 Å². The Labute approximate surface area is 99.2 Å². The minimum Gasteiger partial charge on any atom is -0.345 e. The molecule has 0 aromatic carbocycles. The van der Waals surface area contributed by atoms with Gasteiger partial charge < -0.3 is 5.32 Å². The highest BCUT2D eigenvalue weighted by molar-refractivity contribution is 7.94. The van der Waals surface area contributed by atoms with E-state index < -0.39 is 15.9 Å². The summed E-state index contributed by atoms with van der Waals surface area (Å²) in [4.78, 5) is 11.9. The number of carbonyl (C=O) groups is 1. The van der Waals surface area contributed by atoms with Crippen LogP contribution in [-0.2, 0) is 16.9 Å². The Bertz CT molecular complexity index is 586. The van der Waals surface area contributed by atoms with E-state index in [4.69, 9.17) is 0 Å². The normalized spacial score (nSPS) is 21.6. The van der Waals surface area contributed by atoms with Crippen molar-refractivity contribution in [1.82, 2.24) is 15.1 Å². The molecule has 0 fully saturated rings. The lowest BCUT2D eigenvalue weighted by molar-refractivity contribution is 0.0947. The molecule has 0 saturated carbocycles. The maximum atomic E-state index is 11.9. The van der Waals surface area contributed by atoms with Gasteiger partial charge in [-0.05, 0) is 13.0 Å². The van der Waals surface area contributed by atoms with E-state index in [1.54, 1.807) is 18.7 Å². The van der Waals surface area contributed by atoms with Crippen LogP contribution >= 0.6 is 0 Å². The first-order chi connectivity index (χ1) is 7.89. The zero-order valence-corrected chi connectivity index (χ0v) is 10.4. The number of sulfone groups is 1. The van der Waals surface area contributed by atoms with Crippen LogP contribution in [0.2, 0.25) is 0 Å². The van der Waals surface area contributed by atoms with Gasteiger partial charge in [0.2, 0.25) is 0 Å². The largest absolute Gasteiger partial charge is 0.345 e. The summed E-state index contributed by atoms with van der Waals surface area (Å²) in [6, 6.07) is -0.452. The number of hydrogen-bond acceptors (Lipinski definition) is 4. The van der Waals surface area contributed by atoms with Crippen LogP contribution in [0.5, 0.6) is 0 Å². The van der Waals surface area contributed by atoms with Crippen LogP contribution < -0.4 is 5.32 Å². The van der Waals surface area contributed by atoms with E-state index in [-0.39, 0.29) is 11.7 Å². The van der Waals surface area contributed by atoms with Gasteiger partial charge >= 0.3 is 0 Å². The summed E-state index contributed by atoms with van der Waals surface area (Å²) >= 11 is 0. The second-order valence-corrected chi connectivity index (χ2v) is 5.94. The molecule has 17 heavy (non-hydrogen) atoms. The Balaban J connectivity index is 2.09. The molecule has 0 saturated heterocycles. The topological polar surface area (TPSA) is 81.1 Å². The van der Waals surface area contributed by atoms with Crippen LogP contribution in [0.25, 0.3) is 0 Å². The Hall–Kier alpha value is -1.63.